The van der Waals surface area contributed by atoms with Crippen molar-refractivity contribution in [3.05, 3.63) is 35.9 Å². The number of carbonyl (C=O) groups excluding carboxylic acids is 2. The fourth-order valence-corrected chi connectivity index (χ4v) is 1.78. The van der Waals surface area contributed by atoms with Gasteiger partial charge < -0.3 is 19.5 Å². The highest BCUT2D eigenvalue weighted by molar-refractivity contribution is 7.80. The third-order valence-electron chi connectivity index (χ3n) is 2.57. The molecule has 0 saturated heterocycles. The Morgan fingerprint density at radius 3 is 2.35 bits per heavy atom. The van der Waals surface area contributed by atoms with Crippen LogP contribution in [0.25, 0.3) is 0 Å². The van der Waals surface area contributed by atoms with E-state index in [1.54, 1.807) is 32.9 Å². The largest absolute Gasteiger partial charge is 0.480 e. The first-order valence-electron chi connectivity index (χ1n) is 7.02. The Labute approximate surface area is 141 Å². The summed E-state index contributed by atoms with van der Waals surface area (Å²) in [5.74, 6) is -0.647. The average molecular weight is 339 g/mol. The van der Waals surface area contributed by atoms with Crippen LogP contribution < -0.4 is 5.32 Å². The normalized spacial score (nSPS) is 12.0. The molecular weight excluding hydrogens is 318 g/mol. The van der Waals surface area contributed by atoms with Gasteiger partial charge in [-0.3, -0.25) is 0 Å². The molecule has 0 unspecified atom stereocenters. The van der Waals surface area contributed by atoms with E-state index < -0.39 is 23.7 Å². The Morgan fingerprint density at radius 1 is 1.22 bits per heavy atom. The molecular formula is C16H21NO5S. The molecule has 0 fully saturated rings. The molecule has 1 aromatic carbocycles. The number of hydrogen-bond donors (Lipinski definition) is 1. The van der Waals surface area contributed by atoms with Crippen molar-refractivity contribution in [2.45, 2.75) is 32.4 Å². The van der Waals surface area contributed by atoms with Gasteiger partial charge in [-0.15, -0.1) is 0 Å². The number of ether oxygens (including phenoxy) is 3. The lowest BCUT2D eigenvalue weighted by Crippen LogP contribution is -2.46. The van der Waals surface area contributed by atoms with E-state index in [0.29, 0.717) is 5.56 Å². The van der Waals surface area contributed by atoms with Crippen molar-refractivity contribution in [3.8, 4) is 0 Å². The molecule has 6 nitrogen and oxygen atoms in total. The van der Waals surface area contributed by atoms with Gasteiger partial charge in [0, 0.05) is 5.56 Å². The van der Waals surface area contributed by atoms with Crippen molar-refractivity contribution >= 4 is 29.3 Å². The second-order valence-electron chi connectivity index (χ2n) is 5.69. The van der Waals surface area contributed by atoms with Gasteiger partial charge >= 0.3 is 12.1 Å². The lowest BCUT2D eigenvalue weighted by atomic mass is 10.2. The number of esters is 1. The summed E-state index contributed by atoms with van der Waals surface area (Å²) in [6, 6.07) is 8.06. The number of benzene rings is 1. The zero-order chi connectivity index (χ0) is 17.5. The lowest BCUT2D eigenvalue weighted by Gasteiger charge is -2.22. The number of hydrogen-bond acceptors (Lipinski definition) is 6. The van der Waals surface area contributed by atoms with Gasteiger partial charge in [0.05, 0.1) is 7.11 Å². The van der Waals surface area contributed by atoms with Crippen molar-refractivity contribution in [2.24, 2.45) is 0 Å². The fourth-order valence-electron chi connectivity index (χ4n) is 1.58. The lowest BCUT2D eigenvalue weighted by molar-refractivity contribution is -0.144. The minimum atomic E-state index is -1.02. The van der Waals surface area contributed by atoms with E-state index in [2.05, 4.69) is 10.1 Å². The number of thiocarbonyl (C=S) groups is 1. The van der Waals surface area contributed by atoms with Crippen LogP contribution in [0.15, 0.2) is 30.3 Å². The molecule has 0 aliphatic heterocycles. The summed E-state index contributed by atoms with van der Waals surface area (Å²) >= 11 is 5.14. The van der Waals surface area contributed by atoms with E-state index in [-0.39, 0.29) is 11.7 Å². The van der Waals surface area contributed by atoms with E-state index in [0.717, 1.165) is 0 Å². The fraction of sp³-hybridized carbons (Fsp3) is 0.438. The zero-order valence-electron chi connectivity index (χ0n) is 13.6. The van der Waals surface area contributed by atoms with E-state index >= 15 is 0 Å². The predicted octanol–water partition coefficient (Wildman–Crippen LogP) is 2.45. The van der Waals surface area contributed by atoms with Crippen LogP contribution >= 0.6 is 12.2 Å². The Balaban J connectivity index is 2.63. The molecule has 0 aliphatic rings. The molecule has 0 saturated carbocycles. The molecule has 0 heterocycles. The number of rotatable bonds is 5. The van der Waals surface area contributed by atoms with Crippen molar-refractivity contribution in [3.63, 3.8) is 0 Å². The number of amides is 1. The summed E-state index contributed by atoms with van der Waals surface area (Å²) in [5.41, 5.74) is 0.0358. The SMILES string of the molecule is COC(=O)[C@H](COC(=S)c1ccccc1)NC(=O)OC(C)(C)C. The maximum atomic E-state index is 11.8. The average Bonchev–Trinajstić information content (AvgIpc) is 2.49. The topological polar surface area (TPSA) is 73.9 Å². The summed E-state index contributed by atoms with van der Waals surface area (Å²) in [7, 11) is 1.22. The number of nitrogens with one attached hydrogen (secondary N) is 1. The molecule has 0 aliphatic carbocycles. The molecule has 1 atom stereocenters. The van der Waals surface area contributed by atoms with Crippen molar-refractivity contribution in [2.75, 3.05) is 13.7 Å². The summed E-state index contributed by atoms with van der Waals surface area (Å²) in [6.45, 7) is 5.02. The van der Waals surface area contributed by atoms with Crippen molar-refractivity contribution < 1.29 is 23.8 Å². The summed E-state index contributed by atoms with van der Waals surface area (Å²) < 4.78 is 15.2. The van der Waals surface area contributed by atoms with Crippen LogP contribution in [0.1, 0.15) is 26.3 Å². The second kappa shape index (κ2) is 8.47. The van der Waals surface area contributed by atoms with Crippen molar-refractivity contribution in [1.29, 1.82) is 0 Å². The first kappa shape index (κ1) is 18.9. The van der Waals surface area contributed by atoms with Gasteiger partial charge in [0.1, 0.15) is 12.2 Å². The van der Waals surface area contributed by atoms with Gasteiger partial charge in [-0.2, -0.15) is 0 Å². The number of alkyl carbamates (subject to hydrolysis) is 1. The van der Waals surface area contributed by atoms with Gasteiger partial charge in [-0.25, -0.2) is 9.59 Å². The third kappa shape index (κ3) is 7.10. The summed E-state index contributed by atoms with van der Waals surface area (Å²) in [6.07, 6.45) is -0.734. The Kier molecular flexibility index (Phi) is 6.96. The highest BCUT2D eigenvalue weighted by Crippen LogP contribution is 2.08. The monoisotopic (exact) mass is 339 g/mol. The van der Waals surface area contributed by atoms with E-state index in [9.17, 15) is 9.59 Å². The molecule has 1 rings (SSSR count). The van der Waals surface area contributed by atoms with Crippen LogP contribution in [-0.2, 0) is 19.0 Å². The first-order valence-corrected chi connectivity index (χ1v) is 7.43. The number of methoxy groups -OCH3 is 1. The zero-order valence-corrected chi connectivity index (χ0v) is 14.4. The van der Waals surface area contributed by atoms with Gasteiger partial charge in [0.25, 0.3) is 0 Å². The molecule has 23 heavy (non-hydrogen) atoms. The Bertz CT molecular complexity index is 553. The molecule has 7 heteroatoms. The van der Waals surface area contributed by atoms with Crippen LogP contribution in [0.5, 0.6) is 0 Å². The maximum absolute atomic E-state index is 11.8. The van der Waals surface area contributed by atoms with Gasteiger partial charge in [0.15, 0.2) is 11.1 Å². The van der Waals surface area contributed by atoms with Crippen LogP contribution in [0.3, 0.4) is 0 Å². The quantitative estimate of drug-likeness (QED) is 0.656. The minimum absolute atomic E-state index is 0.153. The molecule has 1 N–H and O–H groups in total. The first-order chi connectivity index (χ1) is 10.7. The molecule has 126 valence electrons. The van der Waals surface area contributed by atoms with Gasteiger partial charge in [-0.1, -0.05) is 30.3 Å². The predicted molar refractivity (Wildman–Crippen MR) is 89.3 cm³/mol. The Hall–Kier alpha value is -2.15. The highest BCUT2D eigenvalue weighted by Gasteiger charge is 2.26. The van der Waals surface area contributed by atoms with E-state index in [1.807, 2.05) is 18.2 Å². The van der Waals surface area contributed by atoms with Gasteiger partial charge in [0.2, 0.25) is 0 Å². The van der Waals surface area contributed by atoms with E-state index in [4.69, 9.17) is 21.7 Å². The molecule has 1 amide bonds. The Morgan fingerprint density at radius 2 is 1.83 bits per heavy atom. The second-order valence-corrected chi connectivity index (χ2v) is 6.06. The van der Waals surface area contributed by atoms with Gasteiger partial charge in [-0.05, 0) is 33.0 Å². The molecule has 0 spiro atoms. The third-order valence-corrected chi connectivity index (χ3v) is 2.92. The van der Waals surface area contributed by atoms with Crippen LogP contribution in [0, 0.1) is 0 Å². The van der Waals surface area contributed by atoms with Crippen LogP contribution in [0.4, 0.5) is 4.79 Å². The molecule has 0 radical (unpaired) electrons. The summed E-state index contributed by atoms with van der Waals surface area (Å²) in [5, 5.41) is 2.64. The maximum Gasteiger partial charge on any atom is 0.408 e. The smallest absolute Gasteiger partial charge is 0.408 e. The highest BCUT2D eigenvalue weighted by atomic mass is 32.1. The van der Waals surface area contributed by atoms with Crippen LogP contribution in [-0.4, -0.2) is 42.5 Å². The number of carbonyl (C=O) groups is 2. The van der Waals surface area contributed by atoms with Crippen LogP contribution in [0.2, 0.25) is 0 Å². The van der Waals surface area contributed by atoms with Crippen molar-refractivity contribution in [1.82, 2.24) is 5.32 Å². The van der Waals surface area contributed by atoms with E-state index in [1.165, 1.54) is 7.11 Å². The molecule has 0 bridgehead atoms. The standard InChI is InChI=1S/C16H21NO5S/c1-16(2,3)22-15(19)17-12(13(18)20-4)10-21-14(23)11-8-6-5-7-9-11/h5-9,12H,10H2,1-4H3,(H,17,19)/t12-/m0/s1. The minimum Gasteiger partial charge on any atom is -0.480 e. The molecule has 1 aromatic rings. The molecule has 0 aromatic heterocycles. The summed E-state index contributed by atoms with van der Waals surface area (Å²) in [4.78, 5) is 23.5.